The molecule has 1 aromatic rings. The first kappa shape index (κ1) is 18.6. The van der Waals surface area contributed by atoms with E-state index < -0.39 is 0 Å². The Hall–Kier alpha value is -2.17. The summed E-state index contributed by atoms with van der Waals surface area (Å²) < 4.78 is 13.1. The van der Waals surface area contributed by atoms with E-state index >= 15 is 0 Å². The van der Waals surface area contributed by atoms with E-state index in [2.05, 4.69) is 5.32 Å². The van der Waals surface area contributed by atoms with Crippen LogP contribution in [0.15, 0.2) is 35.4 Å². The first-order valence-corrected chi connectivity index (χ1v) is 9.49. The Balaban J connectivity index is 1.75. The zero-order chi connectivity index (χ0) is 18.7. The minimum absolute atomic E-state index is 0.0316. The summed E-state index contributed by atoms with van der Waals surface area (Å²) in [5, 5.41) is 2.91. The molecular weight excluding hydrogens is 331 g/mol. The fourth-order valence-corrected chi connectivity index (χ4v) is 3.84. The molecule has 2 aliphatic rings. The minimum atomic E-state index is -0.277. The summed E-state index contributed by atoms with van der Waals surface area (Å²) in [7, 11) is 0. The van der Waals surface area contributed by atoms with E-state index in [1.54, 1.807) is 12.1 Å². The molecule has 1 fully saturated rings. The zero-order valence-corrected chi connectivity index (χ0v) is 15.6. The molecule has 140 valence electrons. The van der Waals surface area contributed by atoms with E-state index in [4.69, 9.17) is 0 Å². The van der Waals surface area contributed by atoms with Crippen LogP contribution in [0.4, 0.5) is 4.39 Å². The standard InChI is InChI=1S/C21H27FN2O2/c1-14(2)12-23-20(25)11-18-17-5-3-4-6-19(17)24(21(18)26)13-15-7-9-16(22)10-8-15/h7-10,14,19H,3-6,11-13H2,1-2H3,(H,23,25). The van der Waals surface area contributed by atoms with Gasteiger partial charge in [-0.25, -0.2) is 4.39 Å². The van der Waals surface area contributed by atoms with E-state index in [-0.39, 0.29) is 30.1 Å². The van der Waals surface area contributed by atoms with Gasteiger partial charge >= 0.3 is 0 Å². The van der Waals surface area contributed by atoms with Crippen molar-refractivity contribution in [2.45, 2.75) is 58.5 Å². The van der Waals surface area contributed by atoms with Gasteiger partial charge in [-0.2, -0.15) is 0 Å². The van der Waals surface area contributed by atoms with Crippen molar-refractivity contribution in [2.24, 2.45) is 5.92 Å². The van der Waals surface area contributed by atoms with Gasteiger partial charge in [-0.15, -0.1) is 0 Å². The molecule has 0 saturated heterocycles. The van der Waals surface area contributed by atoms with Gasteiger partial charge in [-0.3, -0.25) is 9.59 Å². The molecule has 1 aliphatic carbocycles. The van der Waals surface area contributed by atoms with Crippen molar-refractivity contribution in [3.8, 4) is 0 Å². The number of halogens is 1. The lowest BCUT2D eigenvalue weighted by atomic mass is 9.88. The van der Waals surface area contributed by atoms with Crippen molar-refractivity contribution in [3.63, 3.8) is 0 Å². The van der Waals surface area contributed by atoms with Crippen LogP contribution in [0.1, 0.15) is 51.5 Å². The van der Waals surface area contributed by atoms with Crippen molar-refractivity contribution in [3.05, 3.63) is 46.8 Å². The van der Waals surface area contributed by atoms with Gasteiger partial charge in [-0.05, 0) is 48.4 Å². The maximum Gasteiger partial charge on any atom is 0.251 e. The van der Waals surface area contributed by atoms with Gasteiger partial charge < -0.3 is 10.2 Å². The van der Waals surface area contributed by atoms with Gasteiger partial charge in [0.1, 0.15) is 5.82 Å². The van der Waals surface area contributed by atoms with Crippen LogP contribution in [0.3, 0.4) is 0 Å². The Morgan fingerprint density at radius 2 is 2.00 bits per heavy atom. The zero-order valence-electron chi connectivity index (χ0n) is 15.6. The molecular formula is C21H27FN2O2. The average molecular weight is 358 g/mol. The van der Waals surface area contributed by atoms with Crippen LogP contribution in [0.2, 0.25) is 0 Å². The molecule has 1 atom stereocenters. The summed E-state index contributed by atoms with van der Waals surface area (Å²) in [6.45, 7) is 5.18. The number of benzene rings is 1. The van der Waals surface area contributed by atoms with E-state index in [0.29, 0.717) is 24.6 Å². The second kappa shape index (κ2) is 8.02. The Morgan fingerprint density at radius 1 is 1.27 bits per heavy atom. The molecule has 1 aromatic carbocycles. The second-order valence-electron chi connectivity index (χ2n) is 7.70. The van der Waals surface area contributed by atoms with Gasteiger partial charge in [-0.1, -0.05) is 32.4 Å². The van der Waals surface area contributed by atoms with Crippen LogP contribution < -0.4 is 5.32 Å². The van der Waals surface area contributed by atoms with Gasteiger partial charge in [0.25, 0.3) is 5.91 Å². The Kier molecular flexibility index (Phi) is 5.74. The van der Waals surface area contributed by atoms with E-state index in [1.165, 1.54) is 12.1 Å². The predicted molar refractivity (Wildman–Crippen MR) is 98.7 cm³/mol. The van der Waals surface area contributed by atoms with Crippen molar-refractivity contribution in [1.82, 2.24) is 10.2 Å². The lowest BCUT2D eigenvalue weighted by molar-refractivity contribution is -0.129. The highest BCUT2D eigenvalue weighted by Gasteiger charge is 2.40. The van der Waals surface area contributed by atoms with Crippen molar-refractivity contribution < 1.29 is 14.0 Å². The van der Waals surface area contributed by atoms with Crippen LogP contribution in [-0.2, 0) is 16.1 Å². The molecule has 4 nitrogen and oxygen atoms in total. The number of fused-ring (bicyclic) bond motifs is 1. The number of nitrogens with zero attached hydrogens (tertiary/aromatic N) is 1. The molecule has 0 radical (unpaired) electrons. The van der Waals surface area contributed by atoms with Crippen LogP contribution in [0, 0.1) is 11.7 Å². The Labute approximate surface area is 154 Å². The summed E-state index contributed by atoms with van der Waals surface area (Å²) in [5.41, 5.74) is 2.73. The summed E-state index contributed by atoms with van der Waals surface area (Å²) in [6.07, 6.45) is 4.16. The van der Waals surface area contributed by atoms with Crippen LogP contribution in [-0.4, -0.2) is 29.3 Å². The maximum atomic E-state index is 13.1. The highest BCUT2D eigenvalue weighted by molar-refractivity contribution is 6.02. The number of carbonyl (C=O) groups excluding carboxylic acids is 2. The Bertz CT molecular complexity index is 709. The Morgan fingerprint density at radius 3 is 2.69 bits per heavy atom. The highest BCUT2D eigenvalue weighted by Crippen LogP contribution is 2.38. The fourth-order valence-electron chi connectivity index (χ4n) is 3.84. The molecule has 1 heterocycles. The summed E-state index contributed by atoms with van der Waals surface area (Å²) in [6, 6.07) is 6.38. The van der Waals surface area contributed by atoms with Gasteiger partial charge in [0.2, 0.25) is 5.91 Å². The second-order valence-corrected chi connectivity index (χ2v) is 7.70. The topological polar surface area (TPSA) is 49.4 Å². The van der Waals surface area contributed by atoms with Crippen LogP contribution in [0.5, 0.6) is 0 Å². The maximum absolute atomic E-state index is 13.1. The quantitative estimate of drug-likeness (QED) is 0.845. The molecule has 2 amide bonds. The normalized spacial score (nSPS) is 19.9. The number of carbonyl (C=O) groups is 2. The lowest BCUT2D eigenvalue weighted by Gasteiger charge is -2.30. The molecule has 5 heteroatoms. The van der Waals surface area contributed by atoms with Crippen molar-refractivity contribution in [2.75, 3.05) is 6.54 Å². The molecule has 1 saturated carbocycles. The number of amides is 2. The molecule has 0 aromatic heterocycles. The number of rotatable bonds is 6. The molecule has 1 aliphatic heterocycles. The van der Waals surface area contributed by atoms with Crippen LogP contribution in [0.25, 0.3) is 0 Å². The molecule has 3 rings (SSSR count). The van der Waals surface area contributed by atoms with Gasteiger partial charge in [0.15, 0.2) is 0 Å². The monoisotopic (exact) mass is 358 g/mol. The van der Waals surface area contributed by atoms with Gasteiger partial charge in [0.05, 0.1) is 12.5 Å². The SMILES string of the molecule is CC(C)CNC(=O)CC1=C2CCCCC2N(Cc2ccc(F)cc2)C1=O. The van der Waals surface area contributed by atoms with Crippen molar-refractivity contribution >= 4 is 11.8 Å². The number of hydrogen-bond acceptors (Lipinski definition) is 2. The third kappa shape index (κ3) is 4.14. The molecule has 26 heavy (non-hydrogen) atoms. The van der Waals surface area contributed by atoms with Crippen molar-refractivity contribution in [1.29, 1.82) is 0 Å². The largest absolute Gasteiger partial charge is 0.356 e. The lowest BCUT2D eigenvalue weighted by Crippen LogP contribution is -2.36. The predicted octanol–water partition coefficient (Wildman–Crippen LogP) is 3.57. The minimum Gasteiger partial charge on any atom is -0.356 e. The van der Waals surface area contributed by atoms with Gasteiger partial charge in [0, 0.05) is 18.7 Å². The first-order valence-electron chi connectivity index (χ1n) is 9.49. The third-order valence-electron chi connectivity index (χ3n) is 5.17. The van der Waals surface area contributed by atoms with E-state index in [9.17, 15) is 14.0 Å². The summed E-state index contributed by atoms with van der Waals surface area (Å²) in [5.74, 6) is -0.00722. The molecule has 0 spiro atoms. The van der Waals surface area contributed by atoms with E-state index in [0.717, 1.165) is 36.8 Å². The fraction of sp³-hybridized carbons (Fsp3) is 0.524. The molecule has 1 N–H and O–H groups in total. The number of hydrogen-bond donors (Lipinski definition) is 1. The average Bonchev–Trinajstić information content (AvgIpc) is 2.88. The van der Waals surface area contributed by atoms with E-state index in [1.807, 2.05) is 18.7 Å². The molecule has 0 bridgehead atoms. The number of nitrogens with one attached hydrogen (secondary N) is 1. The smallest absolute Gasteiger partial charge is 0.251 e. The first-order chi connectivity index (χ1) is 12.5. The highest BCUT2D eigenvalue weighted by atomic mass is 19.1. The van der Waals surface area contributed by atoms with Crippen LogP contribution >= 0.6 is 0 Å². The molecule has 1 unspecified atom stereocenters. The summed E-state index contributed by atoms with van der Waals surface area (Å²) in [4.78, 5) is 27.2. The summed E-state index contributed by atoms with van der Waals surface area (Å²) >= 11 is 0. The third-order valence-corrected chi connectivity index (χ3v) is 5.17.